The van der Waals surface area contributed by atoms with Gasteiger partial charge in [-0.25, -0.2) is 0 Å². The third kappa shape index (κ3) is 3.33. The van der Waals surface area contributed by atoms with Crippen molar-refractivity contribution in [1.82, 2.24) is 24.9 Å². The van der Waals surface area contributed by atoms with Crippen molar-refractivity contribution in [3.05, 3.63) is 34.3 Å². The highest BCUT2D eigenvalue weighted by Crippen LogP contribution is 2.38. The zero-order valence-electron chi connectivity index (χ0n) is 17.2. The number of hydrogen-bond acceptors (Lipinski definition) is 6. The summed E-state index contributed by atoms with van der Waals surface area (Å²) in [7, 11) is 3.74. The van der Waals surface area contributed by atoms with E-state index in [0.29, 0.717) is 24.3 Å². The molecule has 8 heteroatoms. The number of anilines is 1. The molecule has 3 rings (SSSR count). The van der Waals surface area contributed by atoms with Gasteiger partial charge in [-0.1, -0.05) is 13.8 Å². The average Bonchev–Trinajstić information content (AvgIpc) is 3.17. The first-order valence-electron chi connectivity index (χ1n) is 9.69. The van der Waals surface area contributed by atoms with Crippen molar-refractivity contribution in [1.29, 1.82) is 5.26 Å². The van der Waals surface area contributed by atoms with Crippen molar-refractivity contribution < 1.29 is 4.79 Å². The second-order valence-electron chi connectivity index (χ2n) is 7.27. The summed E-state index contributed by atoms with van der Waals surface area (Å²) in [5, 5.41) is 25.8. The van der Waals surface area contributed by atoms with E-state index in [1.807, 2.05) is 45.7 Å². The van der Waals surface area contributed by atoms with Crippen LogP contribution in [0.1, 0.15) is 54.4 Å². The molecule has 2 atom stereocenters. The lowest BCUT2D eigenvalue weighted by Gasteiger charge is -2.25. The Morgan fingerprint density at radius 3 is 2.61 bits per heavy atom. The number of aromatic nitrogens is 4. The molecule has 2 aromatic rings. The van der Waals surface area contributed by atoms with Crippen LogP contribution in [0.5, 0.6) is 0 Å². The lowest BCUT2D eigenvalue weighted by molar-refractivity contribution is -0.127. The van der Waals surface area contributed by atoms with Crippen LogP contribution in [0, 0.1) is 24.2 Å². The van der Waals surface area contributed by atoms with Gasteiger partial charge in [0.2, 0.25) is 5.91 Å². The SMILES string of the molecule is CCc1nnc(NC[C@@H]2CC(=O)N(C)[C@H]2c2cnn(C)c2C)c(C#N)c1CC. The number of aryl methyl sites for hydroxylation is 2. The van der Waals surface area contributed by atoms with Crippen LogP contribution in [0.25, 0.3) is 0 Å². The number of rotatable bonds is 6. The highest BCUT2D eigenvalue weighted by molar-refractivity contribution is 5.79. The molecule has 28 heavy (non-hydrogen) atoms. The molecule has 1 N–H and O–H groups in total. The molecule has 3 heterocycles. The number of nitriles is 1. The molecule has 0 saturated carbocycles. The molecule has 1 fully saturated rings. The van der Waals surface area contributed by atoms with E-state index in [-0.39, 0.29) is 17.9 Å². The van der Waals surface area contributed by atoms with E-state index < -0.39 is 0 Å². The van der Waals surface area contributed by atoms with Gasteiger partial charge in [0.15, 0.2) is 5.82 Å². The predicted octanol–water partition coefficient (Wildman–Crippen LogP) is 2.15. The third-order valence-electron chi connectivity index (χ3n) is 5.78. The van der Waals surface area contributed by atoms with Gasteiger partial charge >= 0.3 is 0 Å². The van der Waals surface area contributed by atoms with Gasteiger partial charge in [0.25, 0.3) is 0 Å². The maximum atomic E-state index is 12.4. The van der Waals surface area contributed by atoms with E-state index in [1.165, 1.54) is 0 Å². The summed E-state index contributed by atoms with van der Waals surface area (Å²) >= 11 is 0. The van der Waals surface area contributed by atoms with E-state index >= 15 is 0 Å². The summed E-state index contributed by atoms with van der Waals surface area (Å²) < 4.78 is 1.83. The van der Waals surface area contributed by atoms with Gasteiger partial charge in [0, 0.05) is 44.2 Å². The van der Waals surface area contributed by atoms with Crippen LogP contribution in [0.4, 0.5) is 5.82 Å². The fraction of sp³-hybridized carbons (Fsp3) is 0.550. The molecular weight excluding hydrogens is 354 g/mol. The van der Waals surface area contributed by atoms with Crippen molar-refractivity contribution >= 4 is 11.7 Å². The van der Waals surface area contributed by atoms with Crippen LogP contribution in [0.3, 0.4) is 0 Å². The number of nitrogens with zero attached hydrogens (tertiary/aromatic N) is 6. The molecule has 1 saturated heterocycles. The van der Waals surface area contributed by atoms with Crippen molar-refractivity contribution in [3.63, 3.8) is 0 Å². The molecule has 8 nitrogen and oxygen atoms in total. The average molecular weight is 381 g/mol. The maximum absolute atomic E-state index is 12.4. The third-order valence-corrected chi connectivity index (χ3v) is 5.78. The zero-order chi connectivity index (χ0) is 20.4. The first-order valence-corrected chi connectivity index (χ1v) is 9.69. The van der Waals surface area contributed by atoms with E-state index in [9.17, 15) is 10.1 Å². The van der Waals surface area contributed by atoms with Crippen molar-refractivity contribution in [2.24, 2.45) is 13.0 Å². The molecule has 0 aliphatic carbocycles. The van der Waals surface area contributed by atoms with E-state index in [4.69, 9.17) is 0 Å². The lowest BCUT2D eigenvalue weighted by atomic mass is 9.94. The van der Waals surface area contributed by atoms with Crippen LogP contribution in [0.15, 0.2) is 6.20 Å². The highest BCUT2D eigenvalue weighted by atomic mass is 16.2. The molecule has 0 bridgehead atoms. The molecule has 0 aromatic carbocycles. The number of likely N-dealkylation sites (tertiary alicyclic amines) is 1. The highest BCUT2D eigenvalue weighted by Gasteiger charge is 2.40. The fourth-order valence-electron chi connectivity index (χ4n) is 4.05. The second kappa shape index (κ2) is 7.97. The number of nitrogens with one attached hydrogen (secondary N) is 1. The van der Waals surface area contributed by atoms with Crippen molar-refractivity contribution in [2.45, 2.75) is 46.1 Å². The number of carbonyl (C=O) groups is 1. The monoisotopic (exact) mass is 381 g/mol. The lowest BCUT2D eigenvalue weighted by Crippen LogP contribution is -2.27. The molecular formula is C20H27N7O. The van der Waals surface area contributed by atoms with Gasteiger partial charge in [0.1, 0.15) is 11.6 Å². The Kier molecular flexibility index (Phi) is 5.63. The van der Waals surface area contributed by atoms with Crippen molar-refractivity contribution in [2.75, 3.05) is 18.9 Å². The van der Waals surface area contributed by atoms with Crippen LogP contribution in [-0.4, -0.2) is 44.4 Å². The molecule has 0 radical (unpaired) electrons. The first kappa shape index (κ1) is 19.8. The quantitative estimate of drug-likeness (QED) is 0.823. The number of hydrogen-bond donors (Lipinski definition) is 1. The first-order chi connectivity index (χ1) is 13.4. The minimum absolute atomic E-state index is 0.0484. The number of carbonyl (C=O) groups excluding carboxylic acids is 1. The second-order valence-corrected chi connectivity index (χ2v) is 7.27. The molecule has 0 unspecified atom stereocenters. The molecule has 0 spiro atoms. The normalized spacial score (nSPS) is 19.1. The Bertz CT molecular complexity index is 927. The summed E-state index contributed by atoms with van der Waals surface area (Å²) in [5.41, 5.74) is 4.48. The Labute approximate surface area is 165 Å². The fourth-order valence-corrected chi connectivity index (χ4v) is 4.05. The van der Waals surface area contributed by atoms with Gasteiger partial charge in [0.05, 0.1) is 17.9 Å². The summed E-state index contributed by atoms with van der Waals surface area (Å²) in [6, 6.07) is 2.23. The van der Waals surface area contributed by atoms with Gasteiger partial charge in [-0.05, 0) is 25.3 Å². The molecule has 1 aliphatic heterocycles. The standard InChI is InChI=1S/C20H27N7O/c1-6-14-15(9-21)20(25-24-17(14)7-2)22-10-13-8-18(28)26(4)19(13)16-11-23-27(5)12(16)3/h11,13,19H,6-8,10H2,1-5H3,(H,22,25)/t13-,19+/m0/s1. The Hall–Kier alpha value is -2.95. The minimum Gasteiger partial charge on any atom is -0.367 e. The van der Waals surface area contributed by atoms with E-state index in [1.54, 1.807) is 4.90 Å². The number of amides is 1. The predicted molar refractivity (Wildman–Crippen MR) is 106 cm³/mol. The van der Waals surface area contributed by atoms with E-state index in [0.717, 1.165) is 35.4 Å². The van der Waals surface area contributed by atoms with Gasteiger partial charge in [-0.15, -0.1) is 5.10 Å². The molecule has 1 amide bonds. The Morgan fingerprint density at radius 1 is 1.29 bits per heavy atom. The summed E-state index contributed by atoms with van der Waals surface area (Å²) in [6.07, 6.45) is 3.77. The van der Waals surface area contributed by atoms with Crippen molar-refractivity contribution in [3.8, 4) is 6.07 Å². The van der Waals surface area contributed by atoms with E-state index in [2.05, 4.69) is 26.7 Å². The summed E-state index contributed by atoms with van der Waals surface area (Å²) in [5.74, 6) is 0.673. The van der Waals surface area contributed by atoms with Gasteiger partial charge in [-0.3, -0.25) is 9.48 Å². The van der Waals surface area contributed by atoms with Crippen LogP contribution >= 0.6 is 0 Å². The minimum atomic E-state index is -0.0484. The largest absolute Gasteiger partial charge is 0.367 e. The summed E-state index contributed by atoms with van der Waals surface area (Å²) in [6.45, 7) is 6.58. The zero-order valence-corrected chi connectivity index (χ0v) is 17.2. The smallest absolute Gasteiger partial charge is 0.223 e. The molecule has 1 aliphatic rings. The molecule has 2 aromatic heterocycles. The molecule has 148 valence electrons. The Morgan fingerprint density at radius 2 is 2.04 bits per heavy atom. The Balaban J connectivity index is 1.86. The van der Waals surface area contributed by atoms with Crippen LogP contribution < -0.4 is 5.32 Å². The summed E-state index contributed by atoms with van der Waals surface area (Å²) in [4.78, 5) is 14.2. The van der Waals surface area contributed by atoms with Gasteiger partial charge in [-0.2, -0.15) is 15.5 Å². The van der Waals surface area contributed by atoms with Gasteiger partial charge < -0.3 is 10.2 Å². The maximum Gasteiger partial charge on any atom is 0.223 e. The topological polar surface area (TPSA) is 99.7 Å². The van der Waals surface area contributed by atoms with Crippen LogP contribution in [0.2, 0.25) is 0 Å². The van der Waals surface area contributed by atoms with Crippen LogP contribution in [-0.2, 0) is 24.7 Å².